The van der Waals surface area contributed by atoms with Crippen molar-refractivity contribution >= 4 is 16.9 Å². The fourth-order valence-electron chi connectivity index (χ4n) is 3.52. The number of fused-ring (bicyclic) bond motifs is 1. The molecule has 7 heteroatoms. The Kier molecular flexibility index (Phi) is 6.51. The van der Waals surface area contributed by atoms with Crippen LogP contribution < -0.4 is 11.0 Å². The van der Waals surface area contributed by atoms with Crippen LogP contribution in [0.2, 0.25) is 0 Å². The smallest absolute Gasteiger partial charge is 0.275 e. The lowest BCUT2D eigenvalue weighted by atomic mass is 10.1. The van der Waals surface area contributed by atoms with E-state index >= 15 is 0 Å². The molecule has 1 unspecified atom stereocenters. The summed E-state index contributed by atoms with van der Waals surface area (Å²) in [7, 11) is 0. The Hall–Kier alpha value is -3.03. The van der Waals surface area contributed by atoms with Gasteiger partial charge in [0, 0.05) is 18.6 Å². The molecule has 0 bridgehead atoms. The van der Waals surface area contributed by atoms with Gasteiger partial charge in [0.05, 0.1) is 11.0 Å². The highest BCUT2D eigenvalue weighted by Gasteiger charge is 2.16. The highest BCUT2D eigenvalue weighted by Crippen LogP contribution is 2.14. The SMILES string of the molecule is O=C(NOC1CCCCO1)c1ccc2nc(CCCc3ccccc3)c(=O)[nH]c2c1. The molecule has 0 radical (unpaired) electrons. The van der Waals surface area contributed by atoms with Gasteiger partial charge in [0.25, 0.3) is 11.5 Å². The molecular formula is C23H25N3O4. The van der Waals surface area contributed by atoms with Gasteiger partial charge in [-0.05, 0) is 55.9 Å². The number of nitrogens with zero attached hydrogens (tertiary/aromatic N) is 1. The topological polar surface area (TPSA) is 93.3 Å². The molecule has 156 valence electrons. The summed E-state index contributed by atoms with van der Waals surface area (Å²) in [6.07, 6.45) is 4.68. The number of rotatable bonds is 7. The quantitative estimate of drug-likeness (QED) is 0.586. The van der Waals surface area contributed by atoms with Gasteiger partial charge < -0.3 is 9.72 Å². The van der Waals surface area contributed by atoms with E-state index in [-0.39, 0.29) is 11.5 Å². The second-order valence-electron chi connectivity index (χ2n) is 7.43. The van der Waals surface area contributed by atoms with Crippen molar-refractivity contribution < 1.29 is 14.4 Å². The van der Waals surface area contributed by atoms with Crippen LogP contribution in [0.15, 0.2) is 53.3 Å². The zero-order chi connectivity index (χ0) is 20.8. The largest absolute Gasteiger partial charge is 0.350 e. The van der Waals surface area contributed by atoms with E-state index < -0.39 is 6.29 Å². The second kappa shape index (κ2) is 9.65. The first-order valence-corrected chi connectivity index (χ1v) is 10.3. The zero-order valence-corrected chi connectivity index (χ0v) is 16.7. The maximum Gasteiger partial charge on any atom is 0.275 e. The van der Waals surface area contributed by atoms with Crippen LogP contribution in [-0.2, 0) is 22.4 Å². The average Bonchev–Trinajstić information content (AvgIpc) is 2.79. The van der Waals surface area contributed by atoms with Gasteiger partial charge in [0.2, 0.25) is 0 Å². The van der Waals surface area contributed by atoms with Crippen LogP contribution in [0, 0.1) is 0 Å². The molecule has 0 saturated carbocycles. The molecule has 1 amide bonds. The molecule has 2 N–H and O–H groups in total. The van der Waals surface area contributed by atoms with E-state index in [1.165, 1.54) is 5.56 Å². The number of aromatic amines is 1. The number of carbonyl (C=O) groups excluding carboxylic acids is 1. The van der Waals surface area contributed by atoms with Crippen LogP contribution >= 0.6 is 0 Å². The molecule has 4 rings (SSSR count). The molecule has 0 spiro atoms. The fraction of sp³-hybridized carbons (Fsp3) is 0.348. The minimum absolute atomic E-state index is 0.222. The number of hydrogen-bond donors (Lipinski definition) is 2. The second-order valence-corrected chi connectivity index (χ2v) is 7.43. The number of aryl methyl sites for hydroxylation is 2. The minimum atomic E-state index is -0.414. The predicted octanol–water partition coefficient (Wildman–Crippen LogP) is 3.29. The first-order valence-electron chi connectivity index (χ1n) is 10.3. The van der Waals surface area contributed by atoms with Gasteiger partial charge in [0.15, 0.2) is 6.29 Å². The molecular weight excluding hydrogens is 382 g/mol. The van der Waals surface area contributed by atoms with E-state index in [4.69, 9.17) is 9.57 Å². The van der Waals surface area contributed by atoms with Crippen molar-refractivity contribution in [3.8, 4) is 0 Å². The first-order chi connectivity index (χ1) is 14.7. The van der Waals surface area contributed by atoms with Crippen molar-refractivity contribution in [2.75, 3.05) is 6.61 Å². The van der Waals surface area contributed by atoms with Crippen molar-refractivity contribution in [3.63, 3.8) is 0 Å². The predicted molar refractivity (Wildman–Crippen MR) is 113 cm³/mol. The van der Waals surface area contributed by atoms with Crippen molar-refractivity contribution in [2.45, 2.75) is 44.8 Å². The number of hydroxylamine groups is 1. The van der Waals surface area contributed by atoms with Gasteiger partial charge in [-0.3, -0.25) is 9.59 Å². The van der Waals surface area contributed by atoms with Gasteiger partial charge in [-0.2, -0.15) is 0 Å². The third-order valence-corrected chi connectivity index (χ3v) is 5.17. The van der Waals surface area contributed by atoms with Crippen LogP contribution in [0.5, 0.6) is 0 Å². The summed E-state index contributed by atoms with van der Waals surface area (Å²) in [6, 6.07) is 15.2. The Balaban J connectivity index is 1.40. The summed E-state index contributed by atoms with van der Waals surface area (Å²) in [5.41, 5.74) is 5.51. The van der Waals surface area contributed by atoms with E-state index in [0.717, 1.165) is 32.1 Å². The average molecular weight is 407 g/mol. The van der Waals surface area contributed by atoms with Crippen LogP contribution in [-0.4, -0.2) is 28.8 Å². The Morgan fingerprint density at radius 1 is 1.17 bits per heavy atom. The fourth-order valence-corrected chi connectivity index (χ4v) is 3.52. The summed E-state index contributed by atoms with van der Waals surface area (Å²) < 4.78 is 5.43. The minimum Gasteiger partial charge on any atom is -0.350 e. The molecule has 1 aliphatic heterocycles. The lowest BCUT2D eigenvalue weighted by Gasteiger charge is -2.22. The number of H-pyrrole nitrogens is 1. The highest BCUT2D eigenvalue weighted by molar-refractivity contribution is 5.96. The number of benzene rings is 2. The van der Waals surface area contributed by atoms with Crippen LogP contribution in [0.3, 0.4) is 0 Å². The molecule has 2 aromatic carbocycles. The lowest BCUT2D eigenvalue weighted by Crippen LogP contribution is -2.33. The number of hydrogen-bond acceptors (Lipinski definition) is 5. The van der Waals surface area contributed by atoms with E-state index in [9.17, 15) is 9.59 Å². The summed E-state index contributed by atoms with van der Waals surface area (Å²) in [6.45, 7) is 0.636. The van der Waals surface area contributed by atoms with E-state index in [0.29, 0.717) is 35.3 Å². The lowest BCUT2D eigenvalue weighted by molar-refractivity contribution is -0.186. The van der Waals surface area contributed by atoms with E-state index in [2.05, 4.69) is 27.6 Å². The number of amides is 1. The van der Waals surface area contributed by atoms with Gasteiger partial charge in [-0.15, -0.1) is 0 Å². The molecule has 1 aliphatic rings. The van der Waals surface area contributed by atoms with Crippen LogP contribution in [0.1, 0.15) is 47.3 Å². The molecule has 1 atom stereocenters. The summed E-state index contributed by atoms with van der Waals surface area (Å²) in [5, 5.41) is 0. The number of carbonyl (C=O) groups is 1. The molecule has 7 nitrogen and oxygen atoms in total. The van der Waals surface area contributed by atoms with Crippen molar-refractivity contribution in [1.82, 2.24) is 15.4 Å². The zero-order valence-electron chi connectivity index (χ0n) is 16.7. The maximum absolute atomic E-state index is 12.4. The van der Waals surface area contributed by atoms with Gasteiger partial charge in [0.1, 0.15) is 5.69 Å². The Morgan fingerprint density at radius 3 is 2.83 bits per heavy atom. The maximum atomic E-state index is 12.4. The Bertz CT molecular complexity index is 1060. The Morgan fingerprint density at radius 2 is 2.03 bits per heavy atom. The number of nitrogens with one attached hydrogen (secondary N) is 2. The van der Waals surface area contributed by atoms with Crippen molar-refractivity contribution in [1.29, 1.82) is 0 Å². The molecule has 1 aromatic heterocycles. The summed E-state index contributed by atoms with van der Waals surface area (Å²) in [5.74, 6) is -0.390. The number of ether oxygens (including phenoxy) is 1. The number of aromatic nitrogens is 2. The third-order valence-electron chi connectivity index (χ3n) is 5.17. The van der Waals surface area contributed by atoms with E-state index in [1.54, 1.807) is 18.2 Å². The van der Waals surface area contributed by atoms with Gasteiger partial charge >= 0.3 is 0 Å². The van der Waals surface area contributed by atoms with Crippen molar-refractivity contribution in [3.05, 3.63) is 75.7 Å². The first kappa shape index (κ1) is 20.3. The molecule has 1 saturated heterocycles. The highest BCUT2D eigenvalue weighted by atomic mass is 16.8. The molecule has 0 aliphatic carbocycles. The molecule has 3 aromatic rings. The van der Waals surface area contributed by atoms with Crippen LogP contribution in [0.25, 0.3) is 11.0 Å². The van der Waals surface area contributed by atoms with Gasteiger partial charge in [-0.1, -0.05) is 30.3 Å². The molecule has 1 fully saturated rings. The molecule has 30 heavy (non-hydrogen) atoms. The third kappa shape index (κ3) is 5.11. The van der Waals surface area contributed by atoms with Crippen molar-refractivity contribution in [2.24, 2.45) is 0 Å². The standard InChI is InChI=1S/C23H25N3O4/c27-22(26-30-21-11-4-5-14-29-21)17-12-13-18-20(15-17)25-23(28)19(24-18)10-6-9-16-7-2-1-3-8-16/h1-3,7-8,12-13,15,21H,4-6,9-11,14H2,(H,25,28)(H,26,27). The van der Waals surface area contributed by atoms with Crippen LogP contribution in [0.4, 0.5) is 0 Å². The van der Waals surface area contributed by atoms with Gasteiger partial charge in [-0.25, -0.2) is 15.3 Å². The summed E-state index contributed by atoms with van der Waals surface area (Å²) in [4.78, 5) is 37.5. The van der Waals surface area contributed by atoms with E-state index in [1.807, 2.05) is 18.2 Å². The normalized spacial score (nSPS) is 16.5. The monoisotopic (exact) mass is 407 g/mol. The summed E-state index contributed by atoms with van der Waals surface area (Å²) >= 11 is 0. The Labute approximate surface area is 174 Å². The molecule has 2 heterocycles.